The van der Waals surface area contributed by atoms with E-state index in [4.69, 9.17) is 4.74 Å². The van der Waals surface area contributed by atoms with Crippen molar-refractivity contribution in [2.24, 2.45) is 0 Å². The molecule has 0 atom stereocenters. The van der Waals surface area contributed by atoms with Crippen molar-refractivity contribution in [1.29, 1.82) is 0 Å². The molecule has 0 saturated carbocycles. The van der Waals surface area contributed by atoms with Gasteiger partial charge in [0.25, 0.3) is 5.91 Å². The van der Waals surface area contributed by atoms with E-state index >= 15 is 0 Å². The summed E-state index contributed by atoms with van der Waals surface area (Å²) in [6, 6.07) is 11.5. The van der Waals surface area contributed by atoms with E-state index in [1.807, 2.05) is 49.5 Å². The molecule has 26 heavy (non-hydrogen) atoms. The average molecular weight is 381 g/mol. The van der Waals surface area contributed by atoms with Crippen LogP contribution < -0.4 is 10.1 Å². The summed E-state index contributed by atoms with van der Waals surface area (Å²) in [6.45, 7) is 1.98. The lowest BCUT2D eigenvalue weighted by molar-refractivity contribution is 0.103. The molecular weight excluding hydrogens is 366 g/mol. The summed E-state index contributed by atoms with van der Waals surface area (Å²) in [7, 11) is 1.62. The molecule has 4 rings (SSSR count). The lowest BCUT2D eigenvalue weighted by Crippen LogP contribution is -2.09. The van der Waals surface area contributed by atoms with E-state index in [0.29, 0.717) is 15.8 Å². The van der Waals surface area contributed by atoms with Crippen LogP contribution in [0.2, 0.25) is 0 Å². The molecule has 0 aliphatic carbocycles. The first-order valence-corrected chi connectivity index (χ1v) is 9.54. The van der Waals surface area contributed by atoms with E-state index in [1.165, 1.54) is 22.7 Å². The number of aromatic nitrogens is 2. The third-order valence-electron chi connectivity index (χ3n) is 3.88. The Hall–Kier alpha value is -2.77. The number of amides is 1. The second kappa shape index (κ2) is 6.86. The maximum absolute atomic E-state index is 12.4. The van der Waals surface area contributed by atoms with Crippen LogP contribution in [0.25, 0.3) is 21.3 Å². The van der Waals surface area contributed by atoms with Crippen LogP contribution in [0.5, 0.6) is 5.75 Å². The molecule has 0 fully saturated rings. The number of methoxy groups -OCH3 is 1. The highest BCUT2D eigenvalue weighted by atomic mass is 32.1. The van der Waals surface area contributed by atoms with Crippen molar-refractivity contribution in [3.8, 4) is 16.9 Å². The number of hydrogen-bond acceptors (Lipinski definition) is 6. The first-order chi connectivity index (χ1) is 12.7. The van der Waals surface area contributed by atoms with Crippen molar-refractivity contribution in [3.63, 3.8) is 0 Å². The molecule has 0 aliphatic heterocycles. The van der Waals surface area contributed by atoms with Crippen LogP contribution in [0.3, 0.4) is 0 Å². The maximum Gasteiger partial charge on any atom is 0.267 e. The molecule has 0 saturated heterocycles. The van der Waals surface area contributed by atoms with Crippen LogP contribution in [-0.4, -0.2) is 23.0 Å². The minimum atomic E-state index is -0.149. The fourth-order valence-electron chi connectivity index (χ4n) is 2.67. The molecular formula is C19H15N3O2S2. The van der Waals surface area contributed by atoms with Gasteiger partial charge in [0, 0.05) is 28.4 Å². The zero-order chi connectivity index (χ0) is 18.1. The van der Waals surface area contributed by atoms with Crippen molar-refractivity contribution in [3.05, 3.63) is 58.5 Å². The topological polar surface area (TPSA) is 64.1 Å². The number of nitrogens with zero attached hydrogens (tertiary/aromatic N) is 2. The molecule has 0 unspecified atom stereocenters. The molecule has 0 aliphatic rings. The van der Waals surface area contributed by atoms with E-state index < -0.39 is 0 Å². The van der Waals surface area contributed by atoms with Gasteiger partial charge in [-0.2, -0.15) is 0 Å². The van der Waals surface area contributed by atoms with Crippen LogP contribution in [0.15, 0.2) is 48.8 Å². The van der Waals surface area contributed by atoms with Gasteiger partial charge < -0.3 is 4.74 Å². The Kier molecular flexibility index (Phi) is 4.40. The van der Waals surface area contributed by atoms with Crippen LogP contribution in [-0.2, 0) is 0 Å². The predicted molar refractivity (Wildman–Crippen MR) is 106 cm³/mol. The van der Waals surface area contributed by atoms with Gasteiger partial charge in [-0.1, -0.05) is 17.4 Å². The normalized spacial score (nSPS) is 10.8. The molecule has 7 heteroatoms. The summed E-state index contributed by atoms with van der Waals surface area (Å²) in [6.07, 6.45) is 3.55. The molecule has 5 nitrogen and oxygen atoms in total. The number of pyridine rings is 1. The van der Waals surface area contributed by atoms with Crippen molar-refractivity contribution < 1.29 is 9.53 Å². The Balaban J connectivity index is 1.76. The lowest BCUT2D eigenvalue weighted by Gasteiger charge is -2.05. The summed E-state index contributed by atoms with van der Waals surface area (Å²) >= 11 is 2.89. The smallest absolute Gasteiger partial charge is 0.267 e. The van der Waals surface area contributed by atoms with Gasteiger partial charge in [-0.3, -0.25) is 15.1 Å². The summed E-state index contributed by atoms with van der Waals surface area (Å²) in [4.78, 5) is 23.0. The number of thiazole rings is 1. The van der Waals surface area contributed by atoms with Gasteiger partial charge in [0.1, 0.15) is 11.3 Å². The van der Waals surface area contributed by atoms with Crippen LogP contribution in [0.4, 0.5) is 5.13 Å². The molecule has 3 heterocycles. The number of rotatable bonds is 4. The number of carbonyl (C=O) groups excluding carboxylic acids is 1. The van der Waals surface area contributed by atoms with E-state index in [1.54, 1.807) is 13.3 Å². The van der Waals surface area contributed by atoms with Gasteiger partial charge in [-0.25, -0.2) is 4.98 Å². The third-order valence-corrected chi connectivity index (χ3v) is 5.89. The molecule has 130 valence electrons. The number of benzene rings is 1. The zero-order valence-electron chi connectivity index (χ0n) is 14.1. The zero-order valence-corrected chi connectivity index (χ0v) is 15.8. The minimum absolute atomic E-state index is 0.149. The quantitative estimate of drug-likeness (QED) is 0.541. The van der Waals surface area contributed by atoms with Crippen LogP contribution >= 0.6 is 22.7 Å². The van der Waals surface area contributed by atoms with Gasteiger partial charge >= 0.3 is 0 Å². The molecule has 3 aromatic heterocycles. The van der Waals surface area contributed by atoms with Crippen LogP contribution in [0.1, 0.15) is 14.5 Å². The fourth-order valence-corrected chi connectivity index (χ4v) is 4.44. The average Bonchev–Trinajstić information content (AvgIpc) is 3.27. The molecule has 0 bridgehead atoms. The number of nitrogens with one attached hydrogen (secondary N) is 1. The number of fused-ring (bicyclic) bond motifs is 1. The van der Waals surface area contributed by atoms with Gasteiger partial charge in [-0.05, 0) is 37.3 Å². The molecule has 4 aromatic rings. The number of ether oxygens (including phenoxy) is 1. The summed E-state index contributed by atoms with van der Waals surface area (Å²) in [5.41, 5.74) is 2.74. The predicted octanol–water partition coefficient (Wildman–Crippen LogP) is 4.99. The largest absolute Gasteiger partial charge is 0.494 e. The molecule has 1 N–H and O–H groups in total. The highest BCUT2D eigenvalue weighted by Gasteiger charge is 2.17. The summed E-state index contributed by atoms with van der Waals surface area (Å²) < 4.78 is 6.40. The van der Waals surface area contributed by atoms with Gasteiger partial charge in [-0.15, -0.1) is 11.3 Å². The highest BCUT2D eigenvalue weighted by Crippen LogP contribution is 2.39. The highest BCUT2D eigenvalue weighted by molar-refractivity contribution is 7.23. The number of thiophene rings is 1. The summed E-state index contributed by atoms with van der Waals surface area (Å²) in [5.74, 6) is 0.528. The van der Waals surface area contributed by atoms with Crippen LogP contribution in [0, 0.1) is 6.92 Å². The van der Waals surface area contributed by atoms with Crippen molar-refractivity contribution in [2.75, 3.05) is 12.4 Å². The van der Waals surface area contributed by atoms with Crippen molar-refractivity contribution >= 4 is 43.9 Å². The van der Waals surface area contributed by atoms with Crippen molar-refractivity contribution in [2.45, 2.75) is 6.92 Å². The van der Waals surface area contributed by atoms with Gasteiger partial charge in [0.15, 0.2) is 5.13 Å². The Morgan fingerprint density at radius 2 is 2.04 bits per heavy atom. The third kappa shape index (κ3) is 3.07. The first-order valence-electron chi connectivity index (χ1n) is 7.91. The standard InChI is InChI=1S/C19H15N3O2S2/c1-11-5-8-15(25-11)18(23)22-19-21-16-14(24-2)7-6-13(17(16)26-19)12-4-3-9-20-10-12/h3-10H,1-2H3,(H,21,22,23). The van der Waals surface area contributed by atoms with E-state index in [9.17, 15) is 4.79 Å². The van der Waals surface area contributed by atoms with Crippen molar-refractivity contribution in [1.82, 2.24) is 9.97 Å². The second-order valence-corrected chi connectivity index (χ2v) is 7.91. The number of anilines is 1. The Morgan fingerprint density at radius 3 is 2.73 bits per heavy atom. The number of hydrogen-bond donors (Lipinski definition) is 1. The first kappa shape index (κ1) is 16.7. The minimum Gasteiger partial charge on any atom is -0.494 e. The van der Waals surface area contributed by atoms with E-state index in [2.05, 4.69) is 15.3 Å². The molecule has 1 amide bonds. The summed E-state index contributed by atoms with van der Waals surface area (Å²) in [5, 5.41) is 3.45. The fraction of sp³-hybridized carbons (Fsp3) is 0.105. The Morgan fingerprint density at radius 1 is 1.15 bits per heavy atom. The Labute approximate surface area is 158 Å². The SMILES string of the molecule is COc1ccc(-c2cccnc2)c2sc(NC(=O)c3ccc(C)s3)nc12. The Bertz CT molecular complexity index is 1090. The second-order valence-electron chi connectivity index (χ2n) is 5.62. The van der Waals surface area contributed by atoms with Gasteiger partial charge in [0.2, 0.25) is 0 Å². The van der Waals surface area contributed by atoms with Gasteiger partial charge in [0.05, 0.1) is 16.7 Å². The molecule has 0 spiro atoms. The monoisotopic (exact) mass is 381 g/mol. The van der Waals surface area contributed by atoms with E-state index in [0.717, 1.165) is 26.2 Å². The maximum atomic E-state index is 12.4. The lowest BCUT2D eigenvalue weighted by atomic mass is 10.1. The number of aryl methyl sites for hydroxylation is 1. The molecule has 0 radical (unpaired) electrons. The number of carbonyl (C=O) groups is 1. The molecule has 1 aromatic carbocycles. The van der Waals surface area contributed by atoms with E-state index in [-0.39, 0.29) is 5.91 Å².